The summed E-state index contributed by atoms with van der Waals surface area (Å²) in [7, 11) is 0. The molecule has 0 fully saturated rings. The van der Waals surface area contributed by atoms with Crippen LogP contribution in [0.3, 0.4) is 0 Å². The van der Waals surface area contributed by atoms with Gasteiger partial charge < -0.3 is 10.4 Å². The largest absolute Gasteiger partial charge is 0.478 e. The summed E-state index contributed by atoms with van der Waals surface area (Å²) < 4.78 is 0. The molecule has 1 heterocycles. The van der Waals surface area contributed by atoms with Crippen molar-refractivity contribution in [3.63, 3.8) is 0 Å². The lowest BCUT2D eigenvalue weighted by molar-refractivity contribution is 0.0695. The lowest BCUT2D eigenvalue weighted by Gasteiger charge is -2.02. The van der Waals surface area contributed by atoms with Gasteiger partial charge in [-0.1, -0.05) is 11.6 Å². The van der Waals surface area contributed by atoms with Crippen molar-refractivity contribution in [2.45, 2.75) is 13.8 Å². The zero-order valence-corrected chi connectivity index (χ0v) is 9.73. The molecule has 2 N–H and O–H groups in total. The minimum Gasteiger partial charge on any atom is -0.478 e. The van der Waals surface area contributed by atoms with Crippen LogP contribution in [0.4, 0.5) is 0 Å². The second-order valence-electron chi connectivity index (χ2n) is 3.73. The van der Waals surface area contributed by atoms with Crippen molar-refractivity contribution in [2.24, 2.45) is 0 Å². The number of allylic oxidation sites excluding steroid dienone is 1. The van der Waals surface area contributed by atoms with Crippen LogP contribution in [0.25, 0.3) is 0 Å². The Balaban J connectivity index is 2.64. The molecule has 0 spiro atoms. The fraction of sp³-hybridized carbons (Fsp3) is 0.250. The van der Waals surface area contributed by atoms with Gasteiger partial charge in [0.1, 0.15) is 5.69 Å². The summed E-state index contributed by atoms with van der Waals surface area (Å²) in [6, 6.07) is 2.74. The number of pyridine rings is 1. The van der Waals surface area contributed by atoms with E-state index in [2.05, 4.69) is 10.3 Å². The number of hydrogen-bond acceptors (Lipinski definition) is 3. The number of aromatic carboxylic acids is 1. The molecule has 0 aliphatic rings. The fourth-order valence-corrected chi connectivity index (χ4v) is 1.09. The van der Waals surface area contributed by atoms with Crippen molar-refractivity contribution < 1.29 is 14.7 Å². The van der Waals surface area contributed by atoms with Crippen LogP contribution in [-0.2, 0) is 0 Å². The fourth-order valence-electron chi connectivity index (χ4n) is 1.09. The monoisotopic (exact) mass is 234 g/mol. The summed E-state index contributed by atoms with van der Waals surface area (Å²) in [5.41, 5.74) is 1.38. The molecule has 1 aromatic rings. The summed E-state index contributed by atoms with van der Waals surface area (Å²) in [5.74, 6) is -1.38. The quantitative estimate of drug-likeness (QED) is 0.773. The summed E-state index contributed by atoms with van der Waals surface area (Å²) in [5, 5.41) is 11.3. The Morgan fingerprint density at radius 2 is 2.12 bits per heavy atom. The Hall–Kier alpha value is -2.17. The standard InChI is InChI=1S/C12H14N2O3/c1-8(2)5-6-13-11(15)10-4-3-9(7-14-10)12(16)17/h3-5,7H,6H2,1-2H3,(H,13,15)(H,16,17). The molecule has 0 saturated heterocycles. The number of nitrogens with one attached hydrogen (secondary N) is 1. The van der Waals surface area contributed by atoms with Gasteiger partial charge in [-0.15, -0.1) is 0 Å². The van der Waals surface area contributed by atoms with Crippen LogP contribution in [-0.4, -0.2) is 28.5 Å². The summed E-state index contributed by atoms with van der Waals surface area (Å²) in [6.07, 6.45) is 3.04. The maximum absolute atomic E-state index is 11.6. The Bertz CT molecular complexity index is 445. The molecular weight excluding hydrogens is 220 g/mol. The topological polar surface area (TPSA) is 79.3 Å². The molecule has 17 heavy (non-hydrogen) atoms. The van der Waals surface area contributed by atoms with Crippen LogP contribution in [0, 0.1) is 0 Å². The Labute approximate surface area is 99.2 Å². The Morgan fingerprint density at radius 3 is 2.59 bits per heavy atom. The van der Waals surface area contributed by atoms with Gasteiger partial charge >= 0.3 is 5.97 Å². The minimum atomic E-state index is -1.06. The van der Waals surface area contributed by atoms with Crippen LogP contribution < -0.4 is 5.32 Å². The van der Waals surface area contributed by atoms with Gasteiger partial charge in [-0.3, -0.25) is 9.78 Å². The highest BCUT2D eigenvalue weighted by Gasteiger charge is 2.08. The van der Waals surface area contributed by atoms with Crippen LogP contribution >= 0.6 is 0 Å². The van der Waals surface area contributed by atoms with Crippen molar-refractivity contribution in [3.8, 4) is 0 Å². The summed E-state index contributed by atoms with van der Waals surface area (Å²) >= 11 is 0. The molecule has 0 unspecified atom stereocenters. The Morgan fingerprint density at radius 1 is 1.41 bits per heavy atom. The number of carbonyl (C=O) groups excluding carboxylic acids is 1. The highest BCUT2D eigenvalue weighted by Crippen LogP contribution is 2.00. The first kappa shape index (κ1) is 12.9. The maximum atomic E-state index is 11.6. The molecule has 1 amide bonds. The first-order valence-electron chi connectivity index (χ1n) is 5.11. The smallest absolute Gasteiger partial charge is 0.337 e. The number of carboxylic acids is 1. The van der Waals surface area contributed by atoms with Crippen molar-refractivity contribution in [1.82, 2.24) is 10.3 Å². The van der Waals surface area contributed by atoms with Crippen molar-refractivity contribution >= 4 is 11.9 Å². The van der Waals surface area contributed by atoms with Gasteiger partial charge in [0.15, 0.2) is 0 Å². The van der Waals surface area contributed by atoms with E-state index in [0.717, 1.165) is 11.8 Å². The van der Waals surface area contributed by atoms with Crippen LogP contribution in [0.5, 0.6) is 0 Å². The predicted molar refractivity (Wildman–Crippen MR) is 63.0 cm³/mol. The average molecular weight is 234 g/mol. The molecule has 0 saturated carbocycles. The lowest BCUT2D eigenvalue weighted by Crippen LogP contribution is -2.24. The third-order valence-corrected chi connectivity index (χ3v) is 2.02. The molecule has 1 rings (SSSR count). The van der Waals surface area contributed by atoms with E-state index in [4.69, 9.17) is 5.11 Å². The molecule has 5 heteroatoms. The second kappa shape index (κ2) is 5.79. The summed E-state index contributed by atoms with van der Waals surface area (Å²) in [4.78, 5) is 25.9. The molecule has 90 valence electrons. The molecule has 1 aromatic heterocycles. The van der Waals surface area contributed by atoms with E-state index in [1.165, 1.54) is 12.1 Å². The predicted octanol–water partition coefficient (Wildman–Crippen LogP) is 1.48. The second-order valence-corrected chi connectivity index (χ2v) is 3.73. The zero-order valence-electron chi connectivity index (χ0n) is 9.73. The number of nitrogens with zero attached hydrogens (tertiary/aromatic N) is 1. The van der Waals surface area contributed by atoms with E-state index >= 15 is 0 Å². The number of amides is 1. The number of aromatic nitrogens is 1. The lowest BCUT2D eigenvalue weighted by atomic mass is 10.2. The third kappa shape index (κ3) is 4.06. The van der Waals surface area contributed by atoms with E-state index in [1.807, 2.05) is 19.9 Å². The SMILES string of the molecule is CC(C)=CCNC(=O)c1ccc(C(=O)O)cn1. The normalized spacial score (nSPS) is 9.53. The van der Waals surface area contributed by atoms with E-state index in [0.29, 0.717) is 6.54 Å². The van der Waals surface area contributed by atoms with Gasteiger partial charge in [-0.05, 0) is 26.0 Å². The van der Waals surface area contributed by atoms with Gasteiger partial charge in [-0.25, -0.2) is 4.79 Å². The van der Waals surface area contributed by atoms with Crippen LogP contribution in [0.1, 0.15) is 34.7 Å². The summed E-state index contributed by atoms with van der Waals surface area (Å²) in [6.45, 7) is 4.31. The molecule has 5 nitrogen and oxygen atoms in total. The zero-order chi connectivity index (χ0) is 12.8. The first-order chi connectivity index (χ1) is 8.00. The number of rotatable bonds is 4. The number of hydrogen-bond donors (Lipinski definition) is 2. The van der Waals surface area contributed by atoms with Gasteiger partial charge in [0.2, 0.25) is 0 Å². The molecule has 0 radical (unpaired) electrons. The molecule has 0 atom stereocenters. The van der Waals surface area contributed by atoms with Crippen molar-refractivity contribution in [1.29, 1.82) is 0 Å². The minimum absolute atomic E-state index is 0.0610. The molecule has 0 aliphatic carbocycles. The van der Waals surface area contributed by atoms with Crippen LogP contribution in [0.2, 0.25) is 0 Å². The van der Waals surface area contributed by atoms with Gasteiger partial charge in [0.05, 0.1) is 5.56 Å². The van der Waals surface area contributed by atoms with Crippen molar-refractivity contribution in [3.05, 3.63) is 41.2 Å². The number of carbonyl (C=O) groups is 2. The van der Waals surface area contributed by atoms with Gasteiger partial charge in [-0.2, -0.15) is 0 Å². The molecule has 0 bridgehead atoms. The third-order valence-electron chi connectivity index (χ3n) is 2.02. The Kier molecular flexibility index (Phi) is 4.39. The van der Waals surface area contributed by atoms with E-state index in [-0.39, 0.29) is 17.2 Å². The van der Waals surface area contributed by atoms with Crippen molar-refractivity contribution in [2.75, 3.05) is 6.54 Å². The highest BCUT2D eigenvalue weighted by molar-refractivity contribution is 5.93. The van der Waals surface area contributed by atoms with E-state index in [9.17, 15) is 9.59 Å². The number of carboxylic acid groups (broad SMARTS) is 1. The highest BCUT2D eigenvalue weighted by atomic mass is 16.4. The maximum Gasteiger partial charge on any atom is 0.337 e. The molecule has 0 aliphatic heterocycles. The van der Waals surface area contributed by atoms with Crippen LogP contribution in [0.15, 0.2) is 30.0 Å². The van der Waals surface area contributed by atoms with Gasteiger partial charge in [0, 0.05) is 12.7 Å². The van der Waals surface area contributed by atoms with Gasteiger partial charge in [0.25, 0.3) is 5.91 Å². The first-order valence-corrected chi connectivity index (χ1v) is 5.11. The van der Waals surface area contributed by atoms with E-state index < -0.39 is 5.97 Å². The molecular formula is C12H14N2O3. The molecule has 0 aromatic carbocycles. The van der Waals surface area contributed by atoms with E-state index in [1.54, 1.807) is 0 Å². The average Bonchev–Trinajstić information content (AvgIpc) is 2.28.